The van der Waals surface area contributed by atoms with Gasteiger partial charge in [0.2, 0.25) is 11.5 Å². The number of H-pyrrole nitrogens is 1. The van der Waals surface area contributed by atoms with Crippen molar-refractivity contribution in [3.8, 4) is 0 Å². The van der Waals surface area contributed by atoms with E-state index in [1.807, 2.05) is 37.3 Å². The first-order valence-corrected chi connectivity index (χ1v) is 11.0. The molecule has 0 radical (unpaired) electrons. The van der Waals surface area contributed by atoms with Gasteiger partial charge < -0.3 is 15.3 Å². The summed E-state index contributed by atoms with van der Waals surface area (Å²) in [6.45, 7) is 2.65. The third-order valence-electron chi connectivity index (χ3n) is 6.32. The van der Waals surface area contributed by atoms with Crippen LogP contribution in [0.5, 0.6) is 0 Å². The molecule has 1 saturated heterocycles. The van der Waals surface area contributed by atoms with Crippen LogP contribution in [-0.2, 0) is 11.2 Å². The molecule has 0 bridgehead atoms. The van der Waals surface area contributed by atoms with Crippen LogP contribution in [0.15, 0.2) is 65.6 Å². The first kappa shape index (κ1) is 21.0. The van der Waals surface area contributed by atoms with Gasteiger partial charge in [0.1, 0.15) is 0 Å². The van der Waals surface area contributed by atoms with E-state index in [1.165, 1.54) is 11.6 Å². The van der Waals surface area contributed by atoms with Gasteiger partial charge in [-0.3, -0.25) is 9.59 Å². The molecule has 4 rings (SSSR count). The number of aryl methyl sites for hydroxylation is 1. The van der Waals surface area contributed by atoms with Crippen molar-refractivity contribution in [2.45, 2.75) is 45.1 Å². The summed E-state index contributed by atoms with van der Waals surface area (Å²) in [5.74, 6) is 0.107. The van der Waals surface area contributed by atoms with Gasteiger partial charge in [-0.15, -0.1) is 0 Å². The summed E-state index contributed by atoms with van der Waals surface area (Å²) in [7, 11) is 0. The van der Waals surface area contributed by atoms with E-state index in [-0.39, 0.29) is 23.4 Å². The van der Waals surface area contributed by atoms with Crippen molar-refractivity contribution in [3.63, 3.8) is 0 Å². The van der Waals surface area contributed by atoms with Gasteiger partial charge in [-0.2, -0.15) is 0 Å². The minimum Gasteiger partial charge on any atom is -0.339 e. The molecule has 1 aliphatic heterocycles. The number of carbonyl (C=O) groups excluding carboxylic acids is 1. The fourth-order valence-electron chi connectivity index (χ4n) is 4.54. The molecular formula is C26H29N3O2. The van der Waals surface area contributed by atoms with Crippen molar-refractivity contribution in [1.29, 1.82) is 5.41 Å². The van der Waals surface area contributed by atoms with Crippen molar-refractivity contribution in [1.82, 2.24) is 9.88 Å². The molecule has 5 nitrogen and oxygen atoms in total. The Labute approximate surface area is 183 Å². The standard InChI is InChI=1S/C26H29N3O2/c1-18(27)22-5-2-4-19(16-22)7-13-24-6-3-15-29(24)26(31)21-10-8-20(9-11-21)23-12-14-25(30)28-17-23/h2,4-5,8-10,12,14,16-17,21,24,27H,3,6-7,11,13,15H2,1H3,(H,28,30). The lowest BCUT2D eigenvalue weighted by Crippen LogP contribution is -2.39. The van der Waals surface area contributed by atoms with Crippen LogP contribution in [0.2, 0.25) is 0 Å². The van der Waals surface area contributed by atoms with Crippen LogP contribution >= 0.6 is 0 Å². The predicted molar refractivity (Wildman–Crippen MR) is 124 cm³/mol. The smallest absolute Gasteiger partial charge is 0.247 e. The zero-order valence-corrected chi connectivity index (χ0v) is 17.9. The molecule has 2 atom stereocenters. The number of hydrogen-bond acceptors (Lipinski definition) is 3. The van der Waals surface area contributed by atoms with Crippen molar-refractivity contribution >= 4 is 17.2 Å². The van der Waals surface area contributed by atoms with Gasteiger partial charge in [-0.05, 0) is 73.4 Å². The summed E-state index contributed by atoms with van der Waals surface area (Å²) >= 11 is 0. The molecular weight excluding hydrogens is 386 g/mol. The Hall–Kier alpha value is -3.21. The number of rotatable bonds is 6. The topological polar surface area (TPSA) is 77.0 Å². The van der Waals surface area contributed by atoms with E-state index in [4.69, 9.17) is 5.41 Å². The fourth-order valence-corrected chi connectivity index (χ4v) is 4.54. The van der Waals surface area contributed by atoms with Crippen molar-refractivity contribution in [2.24, 2.45) is 5.92 Å². The van der Waals surface area contributed by atoms with Crippen LogP contribution in [0.1, 0.15) is 49.3 Å². The second-order valence-corrected chi connectivity index (χ2v) is 8.49. The summed E-state index contributed by atoms with van der Waals surface area (Å²) in [5, 5.41) is 7.83. The Bertz CT molecular complexity index is 1080. The number of carbonyl (C=O) groups is 1. The van der Waals surface area contributed by atoms with Gasteiger partial charge in [-0.1, -0.05) is 36.4 Å². The lowest BCUT2D eigenvalue weighted by Gasteiger charge is -2.28. The molecule has 2 aliphatic rings. The number of allylic oxidation sites excluding steroid dienone is 3. The van der Waals surface area contributed by atoms with Crippen LogP contribution < -0.4 is 5.56 Å². The first-order chi connectivity index (χ1) is 15.0. The molecule has 2 aromatic rings. The molecule has 1 aliphatic carbocycles. The Morgan fingerprint density at radius 1 is 1.26 bits per heavy atom. The highest BCUT2D eigenvalue weighted by molar-refractivity contribution is 5.96. The monoisotopic (exact) mass is 415 g/mol. The van der Waals surface area contributed by atoms with Gasteiger partial charge in [0.25, 0.3) is 0 Å². The van der Waals surface area contributed by atoms with Gasteiger partial charge in [0.05, 0.1) is 5.92 Å². The highest BCUT2D eigenvalue weighted by Crippen LogP contribution is 2.29. The third-order valence-corrected chi connectivity index (χ3v) is 6.32. The fraction of sp³-hybridized carbons (Fsp3) is 0.346. The van der Waals surface area contributed by atoms with Crippen LogP contribution in [0.25, 0.3) is 5.57 Å². The molecule has 2 heterocycles. The summed E-state index contributed by atoms with van der Waals surface area (Å²) in [6, 6.07) is 11.8. The number of aromatic nitrogens is 1. The van der Waals surface area contributed by atoms with Gasteiger partial charge in [-0.25, -0.2) is 0 Å². The van der Waals surface area contributed by atoms with Crippen LogP contribution in [0.4, 0.5) is 0 Å². The first-order valence-electron chi connectivity index (χ1n) is 11.0. The molecule has 31 heavy (non-hydrogen) atoms. The Morgan fingerprint density at radius 2 is 2.13 bits per heavy atom. The number of pyridine rings is 1. The minimum absolute atomic E-state index is 0.114. The number of amides is 1. The number of hydrogen-bond donors (Lipinski definition) is 2. The normalized spacial score (nSPS) is 20.5. The number of benzene rings is 1. The zero-order valence-electron chi connectivity index (χ0n) is 17.9. The molecule has 0 spiro atoms. The molecule has 1 aromatic heterocycles. The number of likely N-dealkylation sites (tertiary alicyclic amines) is 1. The third kappa shape index (κ3) is 4.93. The highest BCUT2D eigenvalue weighted by Gasteiger charge is 2.32. The van der Waals surface area contributed by atoms with E-state index in [9.17, 15) is 9.59 Å². The van der Waals surface area contributed by atoms with E-state index >= 15 is 0 Å². The average Bonchev–Trinajstić information content (AvgIpc) is 3.27. The molecule has 1 amide bonds. The van der Waals surface area contributed by atoms with Crippen molar-refractivity contribution < 1.29 is 4.79 Å². The van der Waals surface area contributed by atoms with Gasteiger partial charge >= 0.3 is 0 Å². The average molecular weight is 416 g/mol. The number of nitrogens with one attached hydrogen (secondary N) is 2. The largest absolute Gasteiger partial charge is 0.339 e. The predicted octanol–water partition coefficient (Wildman–Crippen LogP) is 4.35. The van der Waals surface area contributed by atoms with Crippen LogP contribution in [0, 0.1) is 11.3 Å². The Balaban J connectivity index is 1.36. The van der Waals surface area contributed by atoms with E-state index < -0.39 is 0 Å². The summed E-state index contributed by atoms with van der Waals surface area (Å²) in [5.41, 5.74) is 4.67. The Morgan fingerprint density at radius 3 is 2.84 bits per heavy atom. The lowest BCUT2D eigenvalue weighted by molar-refractivity contribution is -0.134. The second kappa shape index (κ2) is 9.29. The van der Waals surface area contributed by atoms with Crippen molar-refractivity contribution in [2.75, 3.05) is 6.54 Å². The maximum absolute atomic E-state index is 13.2. The number of nitrogens with zero attached hydrogens (tertiary/aromatic N) is 1. The summed E-state index contributed by atoms with van der Waals surface area (Å²) in [6.07, 6.45) is 12.5. The quantitative estimate of drug-likeness (QED) is 0.688. The van der Waals surface area contributed by atoms with E-state index in [0.717, 1.165) is 48.9 Å². The maximum Gasteiger partial charge on any atom is 0.247 e. The van der Waals surface area contributed by atoms with Crippen LogP contribution in [-0.4, -0.2) is 34.1 Å². The summed E-state index contributed by atoms with van der Waals surface area (Å²) in [4.78, 5) is 29.3. The molecule has 1 aromatic carbocycles. The lowest BCUT2D eigenvalue weighted by atomic mass is 9.92. The molecule has 0 saturated carbocycles. The molecule has 1 fully saturated rings. The van der Waals surface area contributed by atoms with Gasteiger partial charge in [0.15, 0.2) is 0 Å². The molecule has 5 heteroatoms. The van der Waals surface area contributed by atoms with E-state index in [0.29, 0.717) is 12.1 Å². The minimum atomic E-state index is -0.115. The second-order valence-electron chi connectivity index (χ2n) is 8.49. The molecule has 2 N–H and O–H groups in total. The zero-order chi connectivity index (χ0) is 21.8. The van der Waals surface area contributed by atoms with E-state index in [1.54, 1.807) is 6.20 Å². The van der Waals surface area contributed by atoms with Gasteiger partial charge in [0, 0.05) is 30.6 Å². The highest BCUT2D eigenvalue weighted by atomic mass is 16.2. The summed E-state index contributed by atoms with van der Waals surface area (Å²) < 4.78 is 0. The van der Waals surface area contributed by atoms with E-state index in [2.05, 4.69) is 28.1 Å². The Kier molecular flexibility index (Phi) is 6.31. The molecule has 160 valence electrons. The maximum atomic E-state index is 13.2. The SMILES string of the molecule is CC(=N)c1cccc(CCC2CCCN2C(=O)C2C=CC(c3ccc(=O)[nH]c3)=CC2)c1. The van der Waals surface area contributed by atoms with Crippen LogP contribution in [0.3, 0.4) is 0 Å². The number of aromatic amines is 1. The molecule has 2 unspecified atom stereocenters. The van der Waals surface area contributed by atoms with Crippen molar-refractivity contribution in [3.05, 3.63) is 87.9 Å².